The molecule has 0 radical (unpaired) electrons. The Labute approximate surface area is 137 Å². The Morgan fingerprint density at radius 3 is 1.43 bits per heavy atom. The monoisotopic (exact) mass is 318 g/mol. The van der Waals surface area contributed by atoms with Gasteiger partial charge in [0.2, 0.25) is 0 Å². The first-order valence-electron chi connectivity index (χ1n) is 9.38. The van der Waals surface area contributed by atoms with Gasteiger partial charge in [-0.3, -0.25) is 0 Å². The number of esters is 2. The Balaban J connectivity index is 1.51. The lowest BCUT2D eigenvalue weighted by Crippen LogP contribution is -2.25. The molecule has 0 aromatic carbocycles. The van der Waals surface area contributed by atoms with Crippen LogP contribution in [0.5, 0.6) is 0 Å². The fourth-order valence-corrected chi connectivity index (χ4v) is 4.94. The van der Waals surface area contributed by atoms with Crippen molar-refractivity contribution >= 4 is 11.9 Å². The summed E-state index contributed by atoms with van der Waals surface area (Å²) in [5.74, 6) is -0.0231. The summed E-state index contributed by atoms with van der Waals surface area (Å²) >= 11 is 0. The largest absolute Gasteiger partial charge is 0.459 e. The number of fused-ring (bicyclic) bond motifs is 2. The van der Waals surface area contributed by atoms with Gasteiger partial charge in [0.05, 0.1) is 11.1 Å². The second-order valence-corrected chi connectivity index (χ2v) is 7.66. The first-order chi connectivity index (χ1) is 11.2. The molecule has 4 rings (SSSR count). The minimum absolute atomic E-state index is 0.0567. The van der Waals surface area contributed by atoms with E-state index in [9.17, 15) is 9.59 Å². The van der Waals surface area contributed by atoms with Crippen LogP contribution < -0.4 is 0 Å². The third-order valence-electron chi connectivity index (χ3n) is 6.13. The van der Waals surface area contributed by atoms with Gasteiger partial charge in [-0.05, 0) is 82.5 Å². The lowest BCUT2D eigenvalue weighted by molar-refractivity contribution is -0.148. The molecule has 4 aliphatic carbocycles. The molecular formula is C19H26O4. The van der Waals surface area contributed by atoms with Gasteiger partial charge in [-0.25, -0.2) is 9.59 Å². The molecule has 2 bridgehead atoms. The lowest BCUT2D eigenvalue weighted by Gasteiger charge is -2.21. The summed E-state index contributed by atoms with van der Waals surface area (Å²) in [6.45, 7) is 0. The summed E-state index contributed by atoms with van der Waals surface area (Å²) in [4.78, 5) is 25.3. The molecule has 0 heterocycles. The minimum Gasteiger partial charge on any atom is -0.459 e. The molecule has 126 valence electrons. The van der Waals surface area contributed by atoms with E-state index in [2.05, 4.69) is 0 Å². The highest BCUT2D eigenvalue weighted by atomic mass is 16.6. The maximum atomic E-state index is 12.7. The highest BCUT2D eigenvalue weighted by Crippen LogP contribution is 2.49. The lowest BCUT2D eigenvalue weighted by atomic mass is 9.91. The molecule has 0 aliphatic heterocycles. The Hall–Kier alpha value is -1.32. The molecular weight excluding hydrogens is 292 g/mol. The molecule has 2 atom stereocenters. The summed E-state index contributed by atoms with van der Waals surface area (Å²) in [5, 5.41) is 0. The van der Waals surface area contributed by atoms with Crippen LogP contribution in [-0.2, 0) is 19.1 Å². The Kier molecular flexibility index (Phi) is 4.16. The zero-order valence-corrected chi connectivity index (χ0v) is 13.7. The summed E-state index contributed by atoms with van der Waals surface area (Å²) in [5.41, 5.74) is 1.33. The van der Waals surface area contributed by atoms with E-state index in [0.717, 1.165) is 70.6 Å². The van der Waals surface area contributed by atoms with Crippen LogP contribution in [0.4, 0.5) is 0 Å². The highest BCUT2D eigenvalue weighted by molar-refractivity contribution is 6.02. The quantitative estimate of drug-likeness (QED) is 0.742. The highest BCUT2D eigenvalue weighted by Gasteiger charge is 2.46. The van der Waals surface area contributed by atoms with Crippen molar-refractivity contribution < 1.29 is 19.1 Å². The summed E-state index contributed by atoms with van der Waals surface area (Å²) in [7, 11) is 0. The van der Waals surface area contributed by atoms with Gasteiger partial charge in [0.25, 0.3) is 0 Å². The molecule has 0 aromatic rings. The maximum Gasteiger partial charge on any atom is 0.335 e. The first-order valence-corrected chi connectivity index (χ1v) is 9.38. The summed E-state index contributed by atoms with van der Waals surface area (Å²) in [6, 6.07) is 0. The molecule has 1 unspecified atom stereocenters. The first kappa shape index (κ1) is 15.2. The van der Waals surface area contributed by atoms with Crippen molar-refractivity contribution in [2.45, 2.75) is 82.8 Å². The predicted molar refractivity (Wildman–Crippen MR) is 84.6 cm³/mol. The molecule has 4 heteroatoms. The molecule has 4 aliphatic rings. The SMILES string of the molecule is O=C(OC1CCCC1)C1=C(C(=O)OC2CCCC2)[C@H]2CCC1C2. The van der Waals surface area contributed by atoms with Crippen molar-refractivity contribution in [3.05, 3.63) is 11.1 Å². The normalized spacial score (nSPS) is 31.1. The molecule has 0 spiro atoms. The van der Waals surface area contributed by atoms with Gasteiger partial charge in [0, 0.05) is 0 Å². The van der Waals surface area contributed by atoms with Crippen molar-refractivity contribution in [2.24, 2.45) is 11.8 Å². The molecule has 23 heavy (non-hydrogen) atoms. The second-order valence-electron chi connectivity index (χ2n) is 7.66. The van der Waals surface area contributed by atoms with Crippen LogP contribution in [0.2, 0.25) is 0 Å². The van der Waals surface area contributed by atoms with E-state index in [1.807, 2.05) is 0 Å². The average Bonchev–Trinajstić information content (AvgIpc) is 3.30. The zero-order chi connectivity index (χ0) is 15.8. The number of carbonyl (C=O) groups excluding carboxylic acids is 2. The van der Waals surface area contributed by atoms with E-state index < -0.39 is 0 Å². The standard InChI is InChI=1S/C19H26O4/c20-18(22-14-5-1-2-6-14)16-12-9-10-13(11-12)17(16)19(21)23-15-7-3-4-8-15/h12-15H,1-11H2/t12-,13?/m0/s1. The molecule has 0 aromatic heterocycles. The molecule has 0 saturated heterocycles. The van der Waals surface area contributed by atoms with Gasteiger partial charge in [0.15, 0.2) is 0 Å². The van der Waals surface area contributed by atoms with Crippen LogP contribution in [0.15, 0.2) is 11.1 Å². The van der Waals surface area contributed by atoms with Gasteiger partial charge < -0.3 is 9.47 Å². The third-order valence-corrected chi connectivity index (χ3v) is 6.13. The average molecular weight is 318 g/mol. The van der Waals surface area contributed by atoms with Gasteiger partial charge in [-0.15, -0.1) is 0 Å². The predicted octanol–water partition coefficient (Wildman–Crippen LogP) is 3.68. The molecule has 0 amide bonds. The summed E-state index contributed by atoms with van der Waals surface area (Å²) < 4.78 is 11.4. The van der Waals surface area contributed by atoms with Crippen LogP contribution in [0, 0.1) is 11.8 Å². The van der Waals surface area contributed by atoms with Gasteiger partial charge in [0.1, 0.15) is 12.2 Å². The Morgan fingerprint density at radius 1 is 0.652 bits per heavy atom. The smallest absolute Gasteiger partial charge is 0.335 e. The fourth-order valence-electron chi connectivity index (χ4n) is 4.94. The number of rotatable bonds is 4. The minimum atomic E-state index is -0.234. The molecule has 3 saturated carbocycles. The van der Waals surface area contributed by atoms with E-state index in [1.165, 1.54) is 0 Å². The van der Waals surface area contributed by atoms with Crippen LogP contribution in [0.3, 0.4) is 0 Å². The van der Waals surface area contributed by atoms with Crippen molar-refractivity contribution in [3.8, 4) is 0 Å². The summed E-state index contributed by atoms with van der Waals surface area (Å²) in [6.07, 6.45) is 11.5. The van der Waals surface area contributed by atoms with Crippen LogP contribution >= 0.6 is 0 Å². The van der Waals surface area contributed by atoms with Gasteiger partial charge in [-0.2, -0.15) is 0 Å². The fraction of sp³-hybridized carbons (Fsp3) is 0.789. The number of hydrogen-bond donors (Lipinski definition) is 0. The van der Waals surface area contributed by atoms with E-state index in [1.54, 1.807) is 0 Å². The van der Waals surface area contributed by atoms with E-state index >= 15 is 0 Å². The van der Waals surface area contributed by atoms with Crippen molar-refractivity contribution in [1.29, 1.82) is 0 Å². The maximum absolute atomic E-state index is 12.7. The van der Waals surface area contributed by atoms with Crippen LogP contribution in [0.1, 0.15) is 70.6 Å². The molecule has 3 fully saturated rings. The Bertz CT molecular complexity index is 477. The van der Waals surface area contributed by atoms with Crippen molar-refractivity contribution in [1.82, 2.24) is 0 Å². The van der Waals surface area contributed by atoms with E-state index in [-0.39, 0.29) is 36.0 Å². The Morgan fingerprint density at radius 2 is 1.04 bits per heavy atom. The topological polar surface area (TPSA) is 52.6 Å². The van der Waals surface area contributed by atoms with E-state index in [0.29, 0.717) is 11.1 Å². The van der Waals surface area contributed by atoms with Crippen LogP contribution in [-0.4, -0.2) is 24.1 Å². The molecule has 0 N–H and O–H groups in total. The number of carbonyl (C=O) groups is 2. The van der Waals surface area contributed by atoms with Gasteiger partial charge in [-0.1, -0.05) is 0 Å². The van der Waals surface area contributed by atoms with Crippen LogP contribution in [0.25, 0.3) is 0 Å². The van der Waals surface area contributed by atoms with Crippen molar-refractivity contribution in [2.75, 3.05) is 0 Å². The van der Waals surface area contributed by atoms with Gasteiger partial charge >= 0.3 is 11.9 Å². The number of ether oxygens (including phenoxy) is 2. The van der Waals surface area contributed by atoms with Crippen molar-refractivity contribution in [3.63, 3.8) is 0 Å². The number of hydrogen-bond acceptors (Lipinski definition) is 4. The zero-order valence-electron chi connectivity index (χ0n) is 13.7. The van der Waals surface area contributed by atoms with E-state index in [4.69, 9.17) is 9.47 Å². The second kappa shape index (κ2) is 6.29. The molecule has 4 nitrogen and oxygen atoms in total. The third kappa shape index (κ3) is 2.92.